The van der Waals surface area contributed by atoms with Crippen molar-refractivity contribution in [3.05, 3.63) is 70.7 Å². The molecule has 1 atom stereocenters. The second-order valence-electron chi connectivity index (χ2n) is 5.88. The van der Waals surface area contributed by atoms with Gasteiger partial charge in [-0.2, -0.15) is 0 Å². The van der Waals surface area contributed by atoms with Crippen molar-refractivity contribution in [2.24, 2.45) is 0 Å². The number of hydrogen-bond donors (Lipinski definition) is 1. The zero-order chi connectivity index (χ0) is 18.2. The van der Waals surface area contributed by atoms with E-state index in [-0.39, 0.29) is 18.2 Å². The lowest BCUT2D eigenvalue weighted by molar-refractivity contribution is -0.140. The average Bonchev–Trinajstić information content (AvgIpc) is 2.60. The van der Waals surface area contributed by atoms with Gasteiger partial charge in [-0.25, -0.2) is 0 Å². The smallest absolute Gasteiger partial charge is 0.242 e. The van der Waals surface area contributed by atoms with Gasteiger partial charge in [0, 0.05) is 18.1 Å². The van der Waals surface area contributed by atoms with E-state index < -0.39 is 6.04 Å². The summed E-state index contributed by atoms with van der Waals surface area (Å²) in [5.74, 6) is -0.261. The van der Waals surface area contributed by atoms with Gasteiger partial charge in [0.05, 0.1) is 6.42 Å². The quantitative estimate of drug-likeness (QED) is 0.824. The molecule has 1 N–H and O–H groups in total. The van der Waals surface area contributed by atoms with Crippen LogP contribution in [0.2, 0.25) is 5.02 Å². The Hall–Kier alpha value is -2.33. The highest BCUT2D eigenvalue weighted by Crippen LogP contribution is 2.15. The van der Waals surface area contributed by atoms with Crippen LogP contribution in [0.4, 0.5) is 0 Å². The number of hydrogen-bond acceptors (Lipinski definition) is 2. The number of rotatable bonds is 7. The molecule has 0 spiro atoms. The molecule has 2 aromatic rings. The third-order valence-electron chi connectivity index (χ3n) is 3.96. The topological polar surface area (TPSA) is 49.4 Å². The van der Waals surface area contributed by atoms with Crippen molar-refractivity contribution in [2.75, 3.05) is 6.54 Å². The molecule has 2 amide bonds. The zero-order valence-electron chi connectivity index (χ0n) is 14.5. The minimum atomic E-state index is -0.549. The molecule has 0 heterocycles. The van der Waals surface area contributed by atoms with Gasteiger partial charge in [-0.05, 0) is 37.1 Å². The van der Waals surface area contributed by atoms with Crippen molar-refractivity contribution in [1.29, 1.82) is 0 Å². The Balaban J connectivity index is 2.20. The summed E-state index contributed by atoms with van der Waals surface area (Å²) in [6.45, 7) is 4.53. The molecule has 0 saturated heterocycles. The third kappa shape index (κ3) is 5.61. The average molecular weight is 359 g/mol. The SMILES string of the molecule is CCNC(=O)[C@H](C)N(Cc1ccccc1)C(=O)Cc1cccc(Cl)c1. The minimum Gasteiger partial charge on any atom is -0.355 e. The van der Waals surface area contributed by atoms with Crippen LogP contribution in [-0.2, 0) is 22.6 Å². The Bertz CT molecular complexity index is 719. The first-order valence-electron chi connectivity index (χ1n) is 8.36. The molecule has 2 rings (SSSR count). The van der Waals surface area contributed by atoms with Crippen LogP contribution in [0.25, 0.3) is 0 Å². The van der Waals surface area contributed by atoms with Crippen molar-refractivity contribution in [2.45, 2.75) is 32.9 Å². The fraction of sp³-hybridized carbons (Fsp3) is 0.300. The molecule has 4 nitrogen and oxygen atoms in total. The lowest BCUT2D eigenvalue weighted by atomic mass is 10.1. The van der Waals surface area contributed by atoms with Crippen molar-refractivity contribution in [3.8, 4) is 0 Å². The van der Waals surface area contributed by atoms with E-state index >= 15 is 0 Å². The molecule has 132 valence electrons. The lowest BCUT2D eigenvalue weighted by Gasteiger charge is -2.28. The molecule has 0 fully saturated rings. The van der Waals surface area contributed by atoms with Gasteiger partial charge >= 0.3 is 0 Å². The van der Waals surface area contributed by atoms with Crippen molar-refractivity contribution in [1.82, 2.24) is 10.2 Å². The van der Waals surface area contributed by atoms with Crippen LogP contribution < -0.4 is 5.32 Å². The molecule has 0 saturated carbocycles. The molecule has 0 unspecified atom stereocenters. The van der Waals surface area contributed by atoms with E-state index in [9.17, 15) is 9.59 Å². The van der Waals surface area contributed by atoms with E-state index in [1.54, 1.807) is 24.0 Å². The van der Waals surface area contributed by atoms with Crippen LogP contribution in [0.3, 0.4) is 0 Å². The maximum Gasteiger partial charge on any atom is 0.242 e. The minimum absolute atomic E-state index is 0.107. The molecule has 0 aliphatic rings. The van der Waals surface area contributed by atoms with Crippen molar-refractivity contribution in [3.63, 3.8) is 0 Å². The van der Waals surface area contributed by atoms with Gasteiger partial charge in [-0.1, -0.05) is 54.1 Å². The molecule has 2 aromatic carbocycles. The summed E-state index contributed by atoms with van der Waals surface area (Å²) in [4.78, 5) is 26.8. The predicted molar refractivity (Wildman–Crippen MR) is 100 cm³/mol. The van der Waals surface area contributed by atoms with E-state index in [1.807, 2.05) is 49.4 Å². The largest absolute Gasteiger partial charge is 0.355 e. The number of halogens is 1. The summed E-state index contributed by atoms with van der Waals surface area (Å²) in [5.41, 5.74) is 1.82. The van der Waals surface area contributed by atoms with Crippen LogP contribution in [-0.4, -0.2) is 29.3 Å². The number of nitrogens with one attached hydrogen (secondary N) is 1. The first kappa shape index (κ1) is 19.0. The molecule has 0 aliphatic heterocycles. The van der Waals surface area contributed by atoms with Crippen LogP contribution in [0, 0.1) is 0 Å². The van der Waals surface area contributed by atoms with Crippen molar-refractivity contribution >= 4 is 23.4 Å². The van der Waals surface area contributed by atoms with Gasteiger partial charge in [-0.15, -0.1) is 0 Å². The van der Waals surface area contributed by atoms with Gasteiger partial charge in [0.1, 0.15) is 6.04 Å². The monoisotopic (exact) mass is 358 g/mol. The Morgan fingerprint density at radius 2 is 1.76 bits per heavy atom. The van der Waals surface area contributed by atoms with Crippen LogP contribution >= 0.6 is 11.6 Å². The van der Waals surface area contributed by atoms with E-state index in [0.29, 0.717) is 18.1 Å². The number of likely N-dealkylation sites (N-methyl/N-ethyl adjacent to an activating group) is 1. The maximum absolute atomic E-state index is 12.9. The van der Waals surface area contributed by atoms with Crippen molar-refractivity contribution < 1.29 is 9.59 Å². The van der Waals surface area contributed by atoms with E-state index in [1.165, 1.54) is 0 Å². The van der Waals surface area contributed by atoms with E-state index in [4.69, 9.17) is 11.6 Å². The molecule has 25 heavy (non-hydrogen) atoms. The highest BCUT2D eigenvalue weighted by Gasteiger charge is 2.25. The number of benzene rings is 2. The highest BCUT2D eigenvalue weighted by molar-refractivity contribution is 6.30. The Labute approximate surface area is 153 Å². The van der Waals surface area contributed by atoms with E-state index in [0.717, 1.165) is 11.1 Å². The molecule has 0 aromatic heterocycles. The summed E-state index contributed by atoms with van der Waals surface area (Å²) >= 11 is 6.00. The van der Waals surface area contributed by atoms with E-state index in [2.05, 4.69) is 5.32 Å². The lowest BCUT2D eigenvalue weighted by Crippen LogP contribution is -2.48. The molecule has 0 radical (unpaired) electrons. The Morgan fingerprint density at radius 1 is 1.08 bits per heavy atom. The van der Waals surface area contributed by atoms with Crippen LogP contribution in [0.1, 0.15) is 25.0 Å². The number of nitrogens with zero attached hydrogens (tertiary/aromatic N) is 1. The Morgan fingerprint density at radius 3 is 2.40 bits per heavy atom. The second-order valence-corrected chi connectivity index (χ2v) is 6.32. The highest BCUT2D eigenvalue weighted by atomic mass is 35.5. The number of carbonyl (C=O) groups is 2. The molecular weight excluding hydrogens is 336 g/mol. The summed E-state index contributed by atoms with van der Waals surface area (Å²) < 4.78 is 0. The predicted octanol–water partition coefficient (Wildman–Crippen LogP) is 3.44. The summed E-state index contributed by atoms with van der Waals surface area (Å²) in [5, 5.41) is 3.38. The van der Waals surface area contributed by atoms with Gasteiger partial charge in [0.25, 0.3) is 0 Å². The normalized spacial score (nSPS) is 11.6. The summed E-state index contributed by atoms with van der Waals surface area (Å²) in [7, 11) is 0. The third-order valence-corrected chi connectivity index (χ3v) is 4.19. The first-order valence-corrected chi connectivity index (χ1v) is 8.74. The molecule has 0 aliphatic carbocycles. The van der Waals surface area contributed by atoms with Gasteiger partial charge in [-0.3, -0.25) is 9.59 Å². The summed E-state index contributed by atoms with van der Waals surface area (Å²) in [6.07, 6.45) is 0.205. The van der Waals surface area contributed by atoms with Gasteiger partial charge < -0.3 is 10.2 Å². The van der Waals surface area contributed by atoms with Gasteiger partial charge in [0.15, 0.2) is 0 Å². The Kier molecular flexibility index (Phi) is 7.02. The summed E-state index contributed by atoms with van der Waals surface area (Å²) in [6, 6.07) is 16.3. The van der Waals surface area contributed by atoms with Gasteiger partial charge in [0.2, 0.25) is 11.8 Å². The molecule has 0 bridgehead atoms. The zero-order valence-corrected chi connectivity index (χ0v) is 15.3. The maximum atomic E-state index is 12.9. The molecular formula is C20H23ClN2O2. The number of carbonyl (C=O) groups excluding carboxylic acids is 2. The van der Waals surface area contributed by atoms with Crippen LogP contribution in [0.5, 0.6) is 0 Å². The fourth-order valence-electron chi connectivity index (χ4n) is 2.61. The fourth-order valence-corrected chi connectivity index (χ4v) is 2.82. The molecule has 5 heteroatoms. The second kappa shape index (κ2) is 9.23. The van der Waals surface area contributed by atoms with Crippen LogP contribution in [0.15, 0.2) is 54.6 Å². The number of amides is 2. The standard InChI is InChI=1S/C20H23ClN2O2/c1-3-22-20(25)15(2)23(14-16-8-5-4-6-9-16)19(24)13-17-10-7-11-18(21)12-17/h4-12,15H,3,13-14H2,1-2H3,(H,22,25)/t15-/m0/s1. The first-order chi connectivity index (χ1) is 12.0.